The number of fused-ring (bicyclic) bond motifs is 1. The first kappa shape index (κ1) is 11.6. The van der Waals surface area contributed by atoms with Gasteiger partial charge < -0.3 is 0 Å². The van der Waals surface area contributed by atoms with Crippen LogP contribution in [-0.4, -0.2) is 15.4 Å². The Balaban J connectivity index is 2.11. The molecule has 2 heterocycles. The molecule has 0 radical (unpaired) electrons. The van der Waals surface area contributed by atoms with Gasteiger partial charge in [0.15, 0.2) is 5.78 Å². The van der Waals surface area contributed by atoms with Crippen molar-refractivity contribution in [1.29, 1.82) is 0 Å². The molecule has 0 atom stereocenters. The lowest BCUT2D eigenvalue weighted by Gasteiger charge is -2.02. The standard InChI is InChI=1S/C15H11FN2O/c1-10-8-11(5-6-13(10)16)15(19)12-9-17-18-7-3-2-4-14(12)18/h2-9H,1H3. The molecule has 4 heteroatoms. The number of halogens is 1. The summed E-state index contributed by atoms with van der Waals surface area (Å²) in [5.74, 6) is -0.458. The average molecular weight is 254 g/mol. The highest BCUT2D eigenvalue weighted by atomic mass is 19.1. The van der Waals surface area contributed by atoms with Crippen LogP contribution in [-0.2, 0) is 0 Å². The summed E-state index contributed by atoms with van der Waals surface area (Å²) in [4.78, 5) is 12.4. The van der Waals surface area contributed by atoms with Crippen LogP contribution in [0.25, 0.3) is 5.52 Å². The third-order valence-electron chi connectivity index (χ3n) is 3.09. The van der Waals surface area contributed by atoms with E-state index in [9.17, 15) is 9.18 Å². The summed E-state index contributed by atoms with van der Waals surface area (Å²) in [5.41, 5.74) is 2.20. The first-order chi connectivity index (χ1) is 9.16. The molecule has 19 heavy (non-hydrogen) atoms. The molecular formula is C15H11FN2O. The van der Waals surface area contributed by atoms with Gasteiger partial charge in [-0.15, -0.1) is 0 Å². The van der Waals surface area contributed by atoms with Crippen molar-refractivity contribution in [1.82, 2.24) is 9.61 Å². The number of ketones is 1. The lowest BCUT2D eigenvalue weighted by molar-refractivity contribution is 0.104. The van der Waals surface area contributed by atoms with Gasteiger partial charge in [-0.1, -0.05) is 6.07 Å². The molecular weight excluding hydrogens is 243 g/mol. The van der Waals surface area contributed by atoms with E-state index in [0.29, 0.717) is 16.7 Å². The fourth-order valence-electron chi connectivity index (χ4n) is 2.05. The molecule has 3 nitrogen and oxygen atoms in total. The maximum Gasteiger partial charge on any atom is 0.196 e. The minimum Gasteiger partial charge on any atom is -0.288 e. The number of rotatable bonds is 2. The van der Waals surface area contributed by atoms with Gasteiger partial charge in [-0.3, -0.25) is 4.79 Å². The van der Waals surface area contributed by atoms with Gasteiger partial charge in [-0.05, 0) is 42.8 Å². The van der Waals surface area contributed by atoms with Crippen LogP contribution >= 0.6 is 0 Å². The number of aryl methyl sites for hydroxylation is 1. The van der Waals surface area contributed by atoms with Crippen LogP contribution in [0.1, 0.15) is 21.5 Å². The number of hydrogen-bond acceptors (Lipinski definition) is 2. The maximum absolute atomic E-state index is 13.2. The Kier molecular flexibility index (Phi) is 2.63. The van der Waals surface area contributed by atoms with Gasteiger partial charge in [0.25, 0.3) is 0 Å². The fraction of sp³-hybridized carbons (Fsp3) is 0.0667. The number of aromatic nitrogens is 2. The smallest absolute Gasteiger partial charge is 0.196 e. The van der Waals surface area contributed by atoms with Crippen molar-refractivity contribution in [3.8, 4) is 0 Å². The Morgan fingerprint density at radius 2 is 2.11 bits per heavy atom. The molecule has 0 saturated heterocycles. The summed E-state index contributed by atoms with van der Waals surface area (Å²) < 4.78 is 14.9. The molecule has 0 fully saturated rings. The second-order valence-electron chi connectivity index (χ2n) is 4.38. The van der Waals surface area contributed by atoms with Crippen LogP contribution in [0.4, 0.5) is 4.39 Å². The first-order valence-electron chi connectivity index (χ1n) is 5.90. The Labute approximate surface area is 109 Å². The van der Waals surface area contributed by atoms with E-state index in [1.807, 2.05) is 18.2 Å². The highest BCUT2D eigenvalue weighted by Gasteiger charge is 2.15. The van der Waals surface area contributed by atoms with Gasteiger partial charge >= 0.3 is 0 Å². The van der Waals surface area contributed by atoms with Crippen molar-refractivity contribution in [3.63, 3.8) is 0 Å². The van der Waals surface area contributed by atoms with Gasteiger partial charge in [0, 0.05) is 11.8 Å². The van der Waals surface area contributed by atoms with Crippen molar-refractivity contribution >= 4 is 11.3 Å². The molecule has 0 N–H and O–H groups in total. The van der Waals surface area contributed by atoms with E-state index in [4.69, 9.17) is 0 Å². The van der Waals surface area contributed by atoms with Crippen molar-refractivity contribution in [2.75, 3.05) is 0 Å². The number of pyridine rings is 1. The predicted molar refractivity (Wildman–Crippen MR) is 69.8 cm³/mol. The molecule has 3 aromatic rings. The van der Waals surface area contributed by atoms with Gasteiger partial charge in [-0.25, -0.2) is 8.91 Å². The second kappa shape index (κ2) is 4.31. The van der Waals surface area contributed by atoms with Crippen molar-refractivity contribution in [2.45, 2.75) is 6.92 Å². The lowest BCUT2D eigenvalue weighted by atomic mass is 10.0. The van der Waals surface area contributed by atoms with Crippen molar-refractivity contribution < 1.29 is 9.18 Å². The lowest BCUT2D eigenvalue weighted by Crippen LogP contribution is -2.02. The van der Waals surface area contributed by atoms with E-state index in [-0.39, 0.29) is 11.6 Å². The number of benzene rings is 1. The fourth-order valence-corrected chi connectivity index (χ4v) is 2.05. The van der Waals surface area contributed by atoms with Gasteiger partial charge in [0.05, 0.1) is 17.3 Å². The highest BCUT2D eigenvalue weighted by molar-refractivity contribution is 6.13. The van der Waals surface area contributed by atoms with Crippen molar-refractivity contribution in [3.05, 3.63) is 71.3 Å². The third kappa shape index (κ3) is 1.91. The van der Waals surface area contributed by atoms with E-state index in [0.717, 1.165) is 5.52 Å². The van der Waals surface area contributed by atoms with Crippen LogP contribution in [0.3, 0.4) is 0 Å². The monoisotopic (exact) mass is 254 g/mol. The summed E-state index contributed by atoms with van der Waals surface area (Å²) >= 11 is 0. The number of carbonyl (C=O) groups is 1. The van der Waals surface area contributed by atoms with Gasteiger partial charge in [0.1, 0.15) is 5.82 Å². The summed E-state index contributed by atoms with van der Waals surface area (Å²) in [6.45, 7) is 1.64. The van der Waals surface area contributed by atoms with Crippen molar-refractivity contribution in [2.24, 2.45) is 0 Å². The van der Waals surface area contributed by atoms with Gasteiger partial charge in [-0.2, -0.15) is 5.10 Å². The van der Waals surface area contributed by atoms with Crippen LogP contribution in [0.15, 0.2) is 48.8 Å². The number of nitrogens with zero attached hydrogens (tertiary/aromatic N) is 2. The number of carbonyl (C=O) groups excluding carboxylic acids is 1. The van der Waals surface area contributed by atoms with Gasteiger partial charge in [0.2, 0.25) is 0 Å². The molecule has 0 spiro atoms. The van der Waals surface area contributed by atoms with E-state index in [1.54, 1.807) is 23.7 Å². The average Bonchev–Trinajstić information content (AvgIpc) is 2.85. The summed E-state index contributed by atoms with van der Waals surface area (Å²) in [6.07, 6.45) is 3.32. The summed E-state index contributed by atoms with van der Waals surface area (Å²) in [5, 5.41) is 4.13. The second-order valence-corrected chi connectivity index (χ2v) is 4.38. The normalized spacial score (nSPS) is 10.8. The minimum absolute atomic E-state index is 0.149. The van der Waals surface area contributed by atoms with Crippen LogP contribution in [0, 0.1) is 12.7 Å². The van der Waals surface area contributed by atoms with Crippen LogP contribution < -0.4 is 0 Å². The predicted octanol–water partition coefficient (Wildman–Crippen LogP) is 3.01. The summed E-state index contributed by atoms with van der Waals surface area (Å²) in [7, 11) is 0. The quantitative estimate of drug-likeness (QED) is 0.659. The SMILES string of the molecule is Cc1cc(C(=O)c2cnn3ccccc23)ccc1F. The maximum atomic E-state index is 13.2. The van der Waals surface area contributed by atoms with E-state index in [2.05, 4.69) is 5.10 Å². The zero-order valence-corrected chi connectivity index (χ0v) is 10.3. The Hall–Kier alpha value is -2.49. The first-order valence-corrected chi connectivity index (χ1v) is 5.90. The minimum atomic E-state index is -0.309. The largest absolute Gasteiger partial charge is 0.288 e. The molecule has 0 saturated carbocycles. The van der Waals surface area contributed by atoms with Crippen LogP contribution in [0.2, 0.25) is 0 Å². The zero-order valence-electron chi connectivity index (χ0n) is 10.3. The zero-order chi connectivity index (χ0) is 13.4. The Morgan fingerprint density at radius 3 is 2.89 bits per heavy atom. The third-order valence-corrected chi connectivity index (χ3v) is 3.09. The van der Waals surface area contributed by atoms with E-state index in [1.165, 1.54) is 18.3 Å². The highest BCUT2D eigenvalue weighted by Crippen LogP contribution is 2.17. The van der Waals surface area contributed by atoms with E-state index >= 15 is 0 Å². The molecule has 94 valence electrons. The molecule has 3 rings (SSSR count). The Bertz CT molecular complexity index is 777. The van der Waals surface area contributed by atoms with Crippen LogP contribution in [0.5, 0.6) is 0 Å². The Morgan fingerprint density at radius 1 is 1.26 bits per heavy atom. The molecule has 0 unspecified atom stereocenters. The molecule has 1 aromatic carbocycles. The number of hydrogen-bond donors (Lipinski definition) is 0. The van der Waals surface area contributed by atoms with E-state index < -0.39 is 0 Å². The molecule has 0 amide bonds. The molecule has 0 bridgehead atoms. The molecule has 0 aliphatic heterocycles. The summed E-state index contributed by atoms with van der Waals surface area (Å²) in [6, 6.07) is 9.89. The molecule has 2 aromatic heterocycles. The molecule has 0 aliphatic carbocycles. The molecule has 0 aliphatic rings. The topological polar surface area (TPSA) is 34.4 Å².